The first-order chi connectivity index (χ1) is 24.3. The van der Waals surface area contributed by atoms with Crippen LogP contribution < -0.4 is 21.3 Å². The average Bonchev–Trinajstić information content (AvgIpc) is 3.75. The lowest BCUT2D eigenvalue weighted by molar-refractivity contribution is -0.150. The number of hydrogen-bond donors (Lipinski definition) is 4. The van der Waals surface area contributed by atoms with Crippen molar-refractivity contribution in [2.75, 3.05) is 18.8 Å². The molecule has 5 aliphatic rings. The summed E-state index contributed by atoms with van der Waals surface area (Å²) in [4.78, 5) is 70.7. The molecule has 4 atom stereocenters. The molecule has 2 bridgehead atoms. The molecule has 1 aliphatic heterocycles. The molecule has 4 saturated carbocycles. The maximum absolute atomic E-state index is 14.8. The molecule has 12 nitrogen and oxygen atoms in total. The van der Waals surface area contributed by atoms with Gasteiger partial charge in [0.15, 0.2) is 9.84 Å². The summed E-state index contributed by atoms with van der Waals surface area (Å²) in [7, 11) is -3.59. The Kier molecular flexibility index (Phi) is 12.4. The number of alkyl halides is 2. The van der Waals surface area contributed by atoms with Gasteiger partial charge in [0.2, 0.25) is 17.6 Å². The maximum atomic E-state index is 14.8. The van der Waals surface area contributed by atoms with Gasteiger partial charge in [-0.25, -0.2) is 13.2 Å². The fourth-order valence-corrected chi connectivity index (χ4v) is 11.0. The van der Waals surface area contributed by atoms with E-state index in [0.29, 0.717) is 32.1 Å². The predicted molar refractivity (Wildman–Crippen MR) is 200 cm³/mol. The average molecular weight is 787 g/mol. The van der Waals surface area contributed by atoms with Gasteiger partial charge in [0, 0.05) is 25.4 Å². The van der Waals surface area contributed by atoms with Gasteiger partial charge in [-0.15, -0.1) is 29.8 Å². The minimum Gasteiger partial charge on any atom is -0.346 e. The summed E-state index contributed by atoms with van der Waals surface area (Å²) in [5.74, 6) is -3.27. The van der Waals surface area contributed by atoms with Crippen molar-refractivity contribution >= 4 is 62.6 Å². The second-order valence-electron chi connectivity index (χ2n) is 17.1. The van der Waals surface area contributed by atoms with Gasteiger partial charge in [0.25, 0.3) is 5.91 Å². The number of nitrogens with zero attached hydrogens (tertiary/aromatic N) is 1. The second-order valence-corrected chi connectivity index (χ2v) is 21.4. The Bertz CT molecular complexity index is 1520. The Hall–Kier alpha value is -2.38. The molecule has 292 valence electrons. The van der Waals surface area contributed by atoms with Gasteiger partial charge in [-0.05, 0) is 71.1 Å². The number of carbonyl (C=O) groups is 5. The van der Waals surface area contributed by atoms with E-state index in [1.165, 1.54) is 11.0 Å². The van der Waals surface area contributed by atoms with E-state index < -0.39 is 77.5 Å². The van der Waals surface area contributed by atoms with Crippen molar-refractivity contribution < 1.29 is 32.4 Å². The summed E-state index contributed by atoms with van der Waals surface area (Å²) in [5.41, 5.74) is -2.47. The molecule has 1 saturated heterocycles. The summed E-state index contributed by atoms with van der Waals surface area (Å²) in [6, 6.07) is -2.69. The van der Waals surface area contributed by atoms with E-state index >= 15 is 0 Å². The first kappa shape index (κ1) is 40.8. The molecular formula is C37H57Cl2N5O7S. The lowest BCUT2D eigenvalue weighted by Crippen LogP contribution is -2.67. The summed E-state index contributed by atoms with van der Waals surface area (Å²) < 4.78 is 24.5. The van der Waals surface area contributed by atoms with Crippen LogP contribution in [0.3, 0.4) is 0 Å². The number of rotatable bonds is 14. The quantitative estimate of drug-likeness (QED) is 0.114. The lowest BCUT2D eigenvalue weighted by Gasteiger charge is -2.44. The van der Waals surface area contributed by atoms with Gasteiger partial charge in [-0.3, -0.25) is 19.2 Å². The Morgan fingerprint density at radius 1 is 0.942 bits per heavy atom. The fraction of sp³-hybridized carbons (Fsp3) is 0.811. The molecule has 0 aromatic heterocycles. The number of carbonyl (C=O) groups excluding carboxylic acids is 5. The topological polar surface area (TPSA) is 171 Å². The highest BCUT2D eigenvalue weighted by Gasteiger charge is 2.67. The van der Waals surface area contributed by atoms with E-state index in [1.54, 1.807) is 20.8 Å². The van der Waals surface area contributed by atoms with Gasteiger partial charge in [0.1, 0.15) is 15.9 Å². The molecule has 5 rings (SSSR count). The number of nitrogens with one attached hydrogen (secondary N) is 4. The number of fused-ring (bicyclic) bond motifs is 2. The van der Waals surface area contributed by atoms with E-state index in [4.69, 9.17) is 23.2 Å². The summed E-state index contributed by atoms with van der Waals surface area (Å²) >= 11 is 13.5. The van der Waals surface area contributed by atoms with Crippen LogP contribution in [0.1, 0.15) is 117 Å². The third kappa shape index (κ3) is 8.94. The number of Topliss-reactive ketones (excluding diaryl/α,β-unsaturated/α-hetero) is 1. The smallest absolute Gasteiger partial charge is 0.315 e. The second kappa shape index (κ2) is 15.8. The molecule has 0 spiro atoms. The number of amides is 5. The molecule has 0 radical (unpaired) electrons. The minimum atomic E-state index is -3.59. The van der Waals surface area contributed by atoms with Crippen LogP contribution in [-0.2, 0) is 29.0 Å². The van der Waals surface area contributed by atoms with Crippen molar-refractivity contribution in [2.45, 2.75) is 149 Å². The molecule has 0 aromatic carbocycles. The molecule has 5 fully saturated rings. The Morgan fingerprint density at radius 2 is 1.58 bits per heavy atom. The van der Waals surface area contributed by atoms with E-state index in [-0.39, 0.29) is 43.5 Å². The number of urea groups is 1. The van der Waals surface area contributed by atoms with Crippen LogP contribution in [0.25, 0.3) is 0 Å². The zero-order chi connectivity index (χ0) is 38.1. The predicted octanol–water partition coefficient (Wildman–Crippen LogP) is 4.47. The van der Waals surface area contributed by atoms with Gasteiger partial charge in [-0.1, -0.05) is 57.4 Å². The molecule has 4 N–H and O–H groups in total. The van der Waals surface area contributed by atoms with Crippen molar-refractivity contribution in [3.8, 4) is 0 Å². The third-order valence-electron chi connectivity index (χ3n) is 12.1. The SMILES string of the molecule is C=CCNC(=O)C(=O)C(CC1CC1)NC(=O)C12CC(CN1C(=O)[C@@H](NC(=O)NC1(CS(=O)(=O)C(C)(C)C)CCCCC1)C1CCCCC1)C(Cl)(Cl)C2. The monoisotopic (exact) mass is 785 g/mol. The molecule has 15 heteroatoms. The zero-order valence-corrected chi connectivity index (χ0v) is 33.2. The molecule has 52 heavy (non-hydrogen) atoms. The highest BCUT2D eigenvalue weighted by atomic mass is 35.5. The van der Waals surface area contributed by atoms with Crippen molar-refractivity contribution in [1.29, 1.82) is 0 Å². The van der Waals surface area contributed by atoms with E-state index in [9.17, 15) is 32.4 Å². The first-order valence-corrected chi connectivity index (χ1v) is 21.5. The molecular weight excluding hydrogens is 729 g/mol. The van der Waals surface area contributed by atoms with Crippen LogP contribution in [-0.4, -0.2) is 93.9 Å². The normalized spacial score (nSPS) is 26.9. The van der Waals surface area contributed by atoms with Crippen LogP contribution in [0.15, 0.2) is 12.7 Å². The van der Waals surface area contributed by atoms with Crippen molar-refractivity contribution in [1.82, 2.24) is 26.2 Å². The van der Waals surface area contributed by atoms with Crippen molar-refractivity contribution in [2.24, 2.45) is 17.8 Å². The molecule has 5 amide bonds. The van der Waals surface area contributed by atoms with E-state index in [1.807, 2.05) is 0 Å². The number of sulfone groups is 1. The molecule has 0 aromatic rings. The third-order valence-corrected chi connectivity index (χ3v) is 15.8. The Labute approximate surface area is 318 Å². The number of hydrogen-bond acceptors (Lipinski definition) is 7. The molecule has 3 unspecified atom stereocenters. The van der Waals surface area contributed by atoms with Gasteiger partial charge in [-0.2, -0.15) is 0 Å². The largest absolute Gasteiger partial charge is 0.346 e. The summed E-state index contributed by atoms with van der Waals surface area (Å²) in [5, 5.41) is 11.4. The number of halogens is 2. The molecule has 1 heterocycles. The standard InChI is InChI=1S/C37H57Cl2N5O7S/c1-5-18-40-30(46)29(45)27(19-24-14-15-24)41-32(48)36-20-26(37(38,39)22-36)21-44(36)31(47)28(25-12-8-6-9-13-25)42-33(49)43-35(16-10-7-11-17-35)23-52(50,51)34(2,3)4/h5,24-28H,1,6-23H2,2-4H3,(H,40,46)(H,41,48)(H2,42,43,49)/t26?,27?,28-,36?/m0/s1. The fourth-order valence-electron chi connectivity index (χ4n) is 8.73. The Morgan fingerprint density at radius 3 is 2.15 bits per heavy atom. The van der Waals surface area contributed by atoms with Gasteiger partial charge < -0.3 is 26.2 Å². The number of ketones is 1. The highest BCUT2D eigenvalue weighted by Crippen LogP contribution is 2.57. The number of likely N-dealkylation sites (tertiary alicyclic amines) is 1. The summed E-state index contributed by atoms with van der Waals surface area (Å²) in [6.07, 6.45) is 11.3. The maximum Gasteiger partial charge on any atom is 0.315 e. The van der Waals surface area contributed by atoms with Crippen LogP contribution in [0.2, 0.25) is 0 Å². The van der Waals surface area contributed by atoms with Crippen LogP contribution in [0.5, 0.6) is 0 Å². The lowest BCUT2D eigenvalue weighted by atomic mass is 9.82. The summed E-state index contributed by atoms with van der Waals surface area (Å²) in [6.45, 7) is 8.72. The van der Waals surface area contributed by atoms with Gasteiger partial charge in [0.05, 0.1) is 22.1 Å². The van der Waals surface area contributed by atoms with Gasteiger partial charge >= 0.3 is 6.03 Å². The van der Waals surface area contributed by atoms with E-state index in [0.717, 1.165) is 51.4 Å². The van der Waals surface area contributed by atoms with E-state index in [2.05, 4.69) is 27.8 Å². The van der Waals surface area contributed by atoms with Crippen LogP contribution in [0.4, 0.5) is 4.79 Å². The van der Waals surface area contributed by atoms with Crippen LogP contribution >= 0.6 is 23.2 Å². The number of piperidine rings is 1. The highest BCUT2D eigenvalue weighted by molar-refractivity contribution is 7.92. The zero-order valence-electron chi connectivity index (χ0n) is 30.9. The minimum absolute atomic E-state index is 0.0737. The first-order valence-electron chi connectivity index (χ1n) is 19.1. The molecule has 4 aliphatic carbocycles. The van der Waals surface area contributed by atoms with Crippen LogP contribution in [0, 0.1) is 17.8 Å². The van der Waals surface area contributed by atoms with Crippen molar-refractivity contribution in [3.63, 3.8) is 0 Å². The Balaban J connectivity index is 1.40. The van der Waals surface area contributed by atoms with Crippen molar-refractivity contribution in [3.05, 3.63) is 12.7 Å².